The van der Waals surface area contributed by atoms with Crippen LogP contribution in [0.5, 0.6) is 0 Å². The highest BCUT2D eigenvalue weighted by Crippen LogP contribution is 2.38. The number of benzene rings is 1. The molecule has 0 fully saturated rings. The van der Waals surface area contributed by atoms with E-state index in [0.717, 1.165) is 12.0 Å². The molecule has 32 heavy (non-hydrogen) atoms. The van der Waals surface area contributed by atoms with E-state index in [4.69, 9.17) is 9.68 Å². The summed E-state index contributed by atoms with van der Waals surface area (Å²) in [6.07, 6.45) is 5.10. The lowest BCUT2D eigenvalue weighted by molar-refractivity contribution is -0.122. The molecule has 168 valence electrons. The molecule has 6 nitrogen and oxygen atoms in total. The minimum Gasteiger partial charge on any atom is -0.459 e. The first-order chi connectivity index (χ1) is 15.4. The molecular weight excluding hydrogens is 402 g/mol. The van der Waals surface area contributed by atoms with E-state index in [2.05, 4.69) is 43.6 Å². The zero-order chi connectivity index (χ0) is 23.1. The second-order valence-corrected chi connectivity index (χ2v) is 8.89. The van der Waals surface area contributed by atoms with Gasteiger partial charge in [-0.3, -0.25) is 9.59 Å². The molecule has 0 aliphatic heterocycles. The van der Waals surface area contributed by atoms with E-state index in [1.807, 2.05) is 12.1 Å². The van der Waals surface area contributed by atoms with Crippen LogP contribution in [0.3, 0.4) is 0 Å². The Morgan fingerprint density at radius 3 is 2.56 bits per heavy atom. The predicted octanol–water partition coefficient (Wildman–Crippen LogP) is 4.44. The van der Waals surface area contributed by atoms with Crippen LogP contribution in [0.2, 0.25) is 0 Å². The Hall–Kier alpha value is -3.33. The molecule has 0 spiro atoms. The maximum Gasteiger partial charge on any atom is 0.286 e. The summed E-state index contributed by atoms with van der Waals surface area (Å²) in [5.74, 6) is 1.39. The summed E-state index contributed by atoms with van der Waals surface area (Å²) >= 11 is 0. The molecule has 1 aliphatic carbocycles. The van der Waals surface area contributed by atoms with Crippen molar-refractivity contribution in [1.29, 1.82) is 5.26 Å². The van der Waals surface area contributed by atoms with Gasteiger partial charge in [0.1, 0.15) is 0 Å². The SMILES string of the molecule is CC1=CC(CNC(=O)c2ccco2)C(C(C)C)CC1CC(=O)NCc1ccc(C#N)cc1. The number of nitriles is 1. The molecule has 2 amide bonds. The Bertz CT molecular complexity index is 984. The highest BCUT2D eigenvalue weighted by atomic mass is 16.3. The third-order valence-corrected chi connectivity index (χ3v) is 6.33. The molecular formula is C26H31N3O3. The monoisotopic (exact) mass is 433 g/mol. The molecule has 1 aromatic heterocycles. The number of carbonyl (C=O) groups is 2. The summed E-state index contributed by atoms with van der Waals surface area (Å²) < 4.78 is 5.17. The Morgan fingerprint density at radius 2 is 1.94 bits per heavy atom. The number of hydrogen-bond acceptors (Lipinski definition) is 4. The van der Waals surface area contributed by atoms with Crippen LogP contribution >= 0.6 is 0 Å². The molecule has 3 atom stereocenters. The highest BCUT2D eigenvalue weighted by molar-refractivity contribution is 5.91. The average molecular weight is 434 g/mol. The van der Waals surface area contributed by atoms with Crippen LogP contribution in [-0.2, 0) is 11.3 Å². The fraction of sp³-hybridized carbons (Fsp3) is 0.423. The van der Waals surface area contributed by atoms with Crippen molar-refractivity contribution in [2.24, 2.45) is 23.7 Å². The summed E-state index contributed by atoms with van der Waals surface area (Å²) in [5, 5.41) is 14.9. The zero-order valence-corrected chi connectivity index (χ0v) is 18.9. The fourth-order valence-corrected chi connectivity index (χ4v) is 4.41. The van der Waals surface area contributed by atoms with Gasteiger partial charge in [-0.25, -0.2) is 0 Å². The Morgan fingerprint density at radius 1 is 1.19 bits per heavy atom. The predicted molar refractivity (Wildman–Crippen MR) is 122 cm³/mol. The second-order valence-electron chi connectivity index (χ2n) is 8.89. The summed E-state index contributed by atoms with van der Waals surface area (Å²) in [6, 6.07) is 12.7. The van der Waals surface area contributed by atoms with Crippen molar-refractivity contribution in [2.45, 2.75) is 40.2 Å². The van der Waals surface area contributed by atoms with E-state index in [9.17, 15) is 9.59 Å². The van der Waals surface area contributed by atoms with Gasteiger partial charge in [0.25, 0.3) is 5.91 Å². The minimum absolute atomic E-state index is 0.0270. The van der Waals surface area contributed by atoms with Crippen molar-refractivity contribution >= 4 is 11.8 Å². The second kappa shape index (κ2) is 10.8. The van der Waals surface area contributed by atoms with Crippen molar-refractivity contribution in [3.8, 4) is 6.07 Å². The van der Waals surface area contributed by atoms with Crippen LogP contribution in [0.4, 0.5) is 0 Å². The largest absolute Gasteiger partial charge is 0.459 e. The number of rotatable bonds is 8. The number of amides is 2. The van der Waals surface area contributed by atoms with Gasteiger partial charge in [-0.2, -0.15) is 5.26 Å². The van der Waals surface area contributed by atoms with Gasteiger partial charge >= 0.3 is 0 Å². The number of hydrogen-bond donors (Lipinski definition) is 2. The van der Waals surface area contributed by atoms with Crippen LogP contribution in [0.15, 0.2) is 58.7 Å². The van der Waals surface area contributed by atoms with Gasteiger partial charge < -0.3 is 15.1 Å². The van der Waals surface area contributed by atoms with Gasteiger partial charge in [-0.05, 0) is 66.8 Å². The van der Waals surface area contributed by atoms with Gasteiger partial charge in [0.2, 0.25) is 5.91 Å². The highest BCUT2D eigenvalue weighted by Gasteiger charge is 2.32. The van der Waals surface area contributed by atoms with Crippen LogP contribution in [0.25, 0.3) is 0 Å². The van der Waals surface area contributed by atoms with Crippen molar-refractivity contribution < 1.29 is 14.0 Å². The Kier molecular flexibility index (Phi) is 7.88. The number of nitrogens with zero attached hydrogens (tertiary/aromatic N) is 1. The third kappa shape index (κ3) is 6.10. The molecule has 0 saturated heterocycles. The summed E-state index contributed by atoms with van der Waals surface area (Å²) in [7, 11) is 0. The molecule has 1 aromatic carbocycles. The minimum atomic E-state index is -0.201. The maximum atomic E-state index is 12.6. The molecule has 3 rings (SSSR count). The van der Waals surface area contributed by atoms with E-state index in [1.165, 1.54) is 11.8 Å². The molecule has 3 unspecified atom stereocenters. The lowest BCUT2D eigenvalue weighted by Gasteiger charge is -2.37. The van der Waals surface area contributed by atoms with E-state index >= 15 is 0 Å². The first kappa shape index (κ1) is 23.3. The van der Waals surface area contributed by atoms with Crippen molar-refractivity contribution in [1.82, 2.24) is 10.6 Å². The number of allylic oxidation sites excluding steroid dienone is 1. The zero-order valence-electron chi connectivity index (χ0n) is 18.9. The molecule has 1 aliphatic rings. The number of carbonyl (C=O) groups excluding carboxylic acids is 2. The topological polar surface area (TPSA) is 95.1 Å². The van der Waals surface area contributed by atoms with Crippen LogP contribution < -0.4 is 10.6 Å². The number of nitrogens with one attached hydrogen (secondary N) is 2. The van der Waals surface area contributed by atoms with Crippen LogP contribution in [0, 0.1) is 35.0 Å². The Labute approximate surface area is 189 Å². The molecule has 0 radical (unpaired) electrons. The van der Waals surface area contributed by atoms with Gasteiger partial charge in [0, 0.05) is 19.5 Å². The van der Waals surface area contributed by atoms with Gasteiger partial charge in [-0.1, -0.05) is 37.6 Å². The smallest absolute Gasteiger partial charge is 0.286 e. The normalized spacial score (nSPS) is 20.3. The van der Waals surface area contributed by atoms with Gasteiger partial charge in [0.05, 0.1) is 17.9 Å². The first-order valence-corrected chi connectivity index (χ1v) is 11.1. The first-order valence-electron chi connectivity index (χ1n) is 11.1. The molecule has 6 heteroatoms. The third-order valence-electron chi connectivity index (χ3n) is 6.33. The van der Waals surface area contributed by atoms with Crippen molar-refractivity contribution in [3.05, 3.63) is 71.2 Å². The summed E-state index contributed by atoms with van der Waals surface area (Å²) in [6.45, 7) is 7.48. The van der Waals surface area contributed by atoms with Gasteiger partial charge in [-0.15, -0.1) is 0 Å². The molecule has 0 bridgehead atoms. The van der Waals surface area contributed by atoms with Crippen molar-refractivity contribution in [2.75, 3.05) is 6.54 Å². The molecule has 2 aromatic rings. The molecule has 1 heterocycles. The van der Waals surface area contributed by atoms with Crippen LogP contribution in [-0.4, -0.2) is 18.4 Å². The Balaban J connectivity index is 1.56. The quantitative estimate of drug-likeness (QED) is 0.602. The van der Waals surface area contributed by atoms with Crippen LogP contribution in [0.1, 0.15) is 55.3 Å². The lowest BCUT2D eigenvalue weighted by atomic mass is 9.69. The number of furan rings is 1. The van der Waals surface area contributed by atoms with Crippen molar-refractivity contribution in [3.63, 3.8) is 0 Å². The van der Waals surface area contributed by atoms with E-state index < -0.39 is 0 Å². The van der Waals surface area contributed by atoms with E-state index in [-0.39, 0.29) is 23.7 Å². The maximum absolute atomic E-state index is 12.6. The van der Waals surface area contributed by atoms with E-state index in [1.54, 1.807) is 24.3 Å². The van der Waals surface area contributed by atoms with E-state index in [0.29, 0.717) is 42.7 Å². The summed E-state index contributed by atoms with van der Waals surface area (Å²) in [4.78, 5) is 24.8. The lowest BCUT2D eigenvalue weighted by Crippen LogP contribution is -2.37. The fourth-order valence-electron chi connectivity index (χ4n) is 4.41. The molecule has 0 saturated carbocycles. The summed E-state index contributed by atoms with van der Waals surface area (Å²) in [5.41, 5.74) is 2.78. The standard InChI is InChI=1S/C26H31N3O3/c1-17(2)23-12-21(13-25(30)28-15-20-8-6-19(14-27)7-9-20)18(3)11-22(23)16-29-26(31)24-5-4-10-32-24/h4-11,17,21-23H,12-13,15-16H2,1-3H3,(H,28,30)(H,29,31). The van der Waals surface area contributed by atoms with Gasteiger partial charge in [0.15, 0.2) is 5.76 Å². The average Bonchev–Trinajstić information content (AvgIpc) is 3.33. The molecule has 2 N–H and O–H groups in total.